The summed E-state index contributed by atoms with van der Waals surface area (Å²) in [5, 5.41) is 0. The summed E-state index contributed by atoms with van der Waals surface area (Å²) in [4.78, 5) is 15.9. The molecule has 0 saturated heterocycles. The summed E-state index contributed by atoms with van der Waals surface area (Å²) in [5.41, 5.74) is 7.75. The Bertz CT molecular complexity index is 429. The molecule has 1 aliphatic rings. The third kappa shape index (κ3) is 3.01. The molecule has 4 heteroatoms. The molecule has 0 radical (unpaired) electrons. The van der Waals surface area contributed by atoms with E-state index in [1.165, 1.54) is 0 Å². The first-order valence-electron chi connectivity index (χ1n) is 6.37. The van der Waals surface area contributed by atoms with Crippen LogP contribution < -0.4 is 10.6 Å². The molecule has 98 valence electrons. The molecule has 4 nitrogen and oxygen atoms in total. The SMILES string of the molecule is CN(CC(=O)N(C)C1CC1)c1cccc(CN)c1. The number of carbonyl (C=O) groups is 1. The standard InChI is InChI=1S/C14H21N3O/c1-16(10-14(18)17(2)12-6-7-12)13-5-3-4-11(8-13)9-15/h3-5,8,12H,6-7,9-10,15H2,1-2H3. The maximum absolute atomic E-state index is 12.0. The molecule has 1 fully saturated rings. The van der Waals surface area contributed by atoms with E-state index >= 15 is 0 Å². The summed E-state index contributed by atoms with van der Waals surface area (Å²) in [6.45, 7) is 0.943. The second kappa shape index (κ2) is 5.40. The lowest BCUT2D eigenvalue weighted by Gasteiger charge is -2.23. The molecular formula is C14H21N3O. The largest absolute Gasteiger partial charge is 0.365 e. The fourth-order valence-electron chi connectivity index (χ4n) is 1.99. The van der Waals surface area contributed by atoms with E-state index in [4.69, 9.17) is 5.73 Å². The summed E-state index contributed by atoms with van der Waals surface area (Å²) in [5.74, 6) is 0.179. The molecule has 0 aromatic heterocycles. The van der Waals surface area contributed by atoms with Crippen molar-refractivity contribution in [3.8, 4) is 0 Å². The number of hydrogen-bond acceptors (Lipinski definition) is 3. The molecule has 1 saturated carbocycles. The van der Waals surface area contributed by atoms with Crippen LogP contribution in [0.15, 0.2) is 24.3 Å². The van der Waals surface area contributed by atoms with Gasteiger partial charge in [0.2, 0.25) is 5.91 Å². The van der Waals surface area contributed by atoms with Gasteiger partial charge in [0.1, 0.15) is 0 Å². The average molecular weight is 247 g/mol. The number of nitrogens with two attached hydrogens (primary N) is 1. The molecule has 0 heterocycles. The minimum Gasteiger partial charge on any atom is -0.365 e. The molecule has 2 N–H and O–H groups in total. The Labute approximate surface area is 108 Å². The summed E-state index contributed by atoms with van der Waals surface area (Å²) in [6, 6.07) is 8.48. The van der Waals surface area contributed by atoms with Crippen molar-refractivity contribution in [2.75, 3.05) is 25.5 Å². The third-order valence-electron chi connectivity index (χ3n) is 3.45. The predicted molar refractivity (Wildman–Crippen MR) is 73.4 cm³/mol. The zero-order chi connectivity index (χ0) is 13.1. The lowest BCUT2D eigenvalue weighted by Crippen LogP contribution is -2.37. The lowest BCUT2D eigenvalue weighted by atomic mass is 10.2. The van der Waals surface area contributed by atoms with E-state index in [9.17, 15) is 4.79 Å². The zero-order valence-corrected chi connectivity index (χ0v) is 11.1. The second-order valence-corrected chi connectivity index (χ2v) is 4.97. The minimum atomic E-state index is 0.179. The minimum absolute atomic E-state index is 0.179. The second-order valence-electron chi connectivity index (χ2n) is 4.97. The molecule has 18 heavy (non-hydrogen) atoms. The van der Waals surface area contributed by atoms with E-state index in [0.29, 0.717) is 19.1 Å². The highest BCUT2D eigenvalue weighted by atomic mass is 16.2. The quantitative estimate of drug-likeness (QED) is 0.850. The average Bonchev–Trinajstić information content (AvgIpc) is 3.22. The van der Waals surface area contributed by atoms with Crippen molar-refractivity contribution in [3.05, 3.63) is 29.8 Å². The number of carbonyl (C=O) groups excluding carboxylic acids is 1. The van der Waals surface area contributed by atoms with Crippen molar-refractivity contribution < 1.29 is 4.79 Å². The first-order chi connectivity index (χ1) is 8.61. The van der Waals surface area contributed by atoms with Crippen LogP contribution in [0.2, 0.25) is 0 Å². The maximum atomic E-state index is 12.0. The molecule has 0 aliphatic heterocycles. The van der Waals surface area contributed by atoms with Gasteiger partial charge in [0.05, 0.1) is 6.54 Å². The molecule has 1 amide bonds. The first kappa shape index (κ1) is 12.9. The van der Waals surface area contributed by atoms with Crippen LogP contribution in [0.25, 0.3) is 0 Å². The summed E-state index contributed by atoms with van der Waals surface area (Å²) in [7, 11) is 3.83. The van der Waals surface area contributed by atoms with E-state index < -0.39 is 0 Å². The fraction of sp³-hybridized carbons (Fsp3) is 0.500. The number of hydrogen-bond donors (Lipinski definition) is 1. The Morgan fingerprint density at radius 1 is 1.39 bits per heavy atom. The topological polar surface area (TPSA) is 49.6 Å². The van der Waals surface area contributed by atoms with E-state index in [2.05, 4.69) is 0 Å². The highest BCUT2D eigenvalue weighted by Gasteiger charge is 2.29. The van der Waals surface area contributed by atoms with Crippen molar-refractivity contribution in [2.24, 2.45) is 5.73 Å². The van der Waals surface area contributed by atoms with Gasteiger partial charge in [-0.2, -0.15) is 0 Å². The van der Waals surface area contributed by atoms with Gasteiger partial charge in [-0.05, 0) is 30.5 Å². The van der Waals surface area contributed by atoms with Crippen molar-refractivity contribution >= 4 is 11.6 Å². The molecule has 0 unspecified atom stereocenters. The highest BCUT2D eigenvalue weighted by molar-refractivity contribution is 5.81. The maximum Gasteiger partial charge on any atom is 0.242 e. The van der Waals surface area contributed by atoms with Crippen molar-refractivity contribution in [3.63, 3.8) is 0 Å². The van der Waals surface area contributed by atoms with Crippen LogP contribution in [0.3, 0.4) is 0 Å². The van der Waals surface area contributed by atoms with E-state index in [1.54, 1.807) is 0 Å². The number of benzene rings is 1. The van der Waals surface area contributed by atoms with Crippen LogP contribution in [0.4, 0.5) is 5.69 Å². The molecule has 0 spiro atoms. The Hall–Kier alpha value is -1.55. The summed E-state index contributed by atoms with van der Waals surface area (Å²) in [6.07, 6.45) is 2.29. The van der Waals surface area contributed by atoms with Crippen LogP contribution in [0.5, 0.6) is 0 Å². The van der Waals surface area contributed by atoms with E-state index in [-0.39, 0.29) is 5.91 Å². The molecule has 1 aromatic rings. The van der Waals surface area contributed by atoms with Gasteiger partial charge in [-0.25, -0.2) is 0 Å². The van der Waals surface area contributed by atoms with Crippen LogP contribution in [0, 0.1) is 0 Å². The Morgan fingerprint density at radius 2 is 2.11 bits per heavy atom. The summed E-state index contributed by atoms with van der Waals surface area (Å²) < 4.78 is 0. The lowest BCUT2D eigenvalue weighted by molar-refractivity contribution is -0.128. The van der Waals surface area contributed by atoms with Gasteiger partial charge in [0.25, 0.3) is 0 Å². The molecule has 2 rings (SSSR count). The Morgan fingerprint density at radius 3 is 2.72 bits per heavy atom. The predicted octanol–water partition coefficient (Wildman–Crippen LogP) is 1.20. The molecular weight excluding hydrogens is 226 g/mol. The van der Waals surface area contributed by atoms with Crippen molar-refractivity contribution in [1.82, 2.24) is 4.90 Å². The van der Waals surface area contributed by atoms with Crippen LogP contribution >= 0.6 is 0 Å². The van der Waals surface area contributed by atoms with Gasteiger partial charge in [-0.3, -0.25) is 4.79 Å². The fourth-order valence-corrected chi connectivity index (χ4v) is 1.99. The Balaban J connectivity index is 1.97. The van der Waals surface area contributed by atoms with E-state index in [0.717, 1.165) is 24.1 Å². The number of anilines is 1. The van der Waals surface area contributed by atoms with Crippen molar-refractivity contribution in [1.29, 1.82) is 0 Å². The van der Waals surface area contributed by atoms with Crippen molar-refractivity contribution in [2.45, 2.75) is 25.4 Å². The first-order valence-corrected chi connectivity index (χ1v) is 6.37. The number of likely N-dealkylation sites (N-methyl/N-ethyl adjacent to an activating group) is 2. The molecule has 1 aromatic carbocycles. The van der Waals surface area contributed by atoms with Gasteiger partial charge in [0, 0.05) is 32.4 Å². The Kier molecular flexibility index (Phi) is 3.87. The van der Waals surface area contributed by atoms with Gasteiger partial charge < -0.3 is 15.5 Å². The monoisotopic (exact) mass is 247 g/mol. The van der Waals surface area contributed by atoms with Crippen LogP contribution in [-0.2, 0) is 11.3 Å². The molecule has 1 aliphatic carbocycles. The van der Waals surface area contributed by atoms with Gasteiger partial charge in [-0.15, -0.1) is 0 Å². The normalized spacial score (nSPS) is 14.4. The van der Waals surface area contributed by atoms with E-state index in [1.807, 2.05) is 48.2 Å². The van der Waals surface area contributed by atoms with Crippen LogP contribution in [-0.4, -0.2) is 37.5 Å². The smallest absolute Gasteiger partial charge is 0.242 e. The van der Waals surface area contributed by atoms with Crippen LogP contribution in [0.1, 0.15) is 18.4 Å². The number of nitrogens with zero attached hydrogens (tertiary/aromatic N) is 2. The highest BCUT2D eigenvalue weighted by Crippen LogP contribution is 2.25. The molecule has 0 bridgehead atoms. The van der Waals surface area contributed by atoms with Gasteiger partial charge >= 0.3 is 0 Å². The molecule has 0 atom stereocenters. The zero-order valence-electron chi connectivity index (χ0n) is 11.1. The van der Waals surface area contributed by atoms with Gasteiger partial charge in [0.15, 0.2) is 0 Å². The van der Waals surface area contributed by atoms with Gasteiger partial charge in [-0.1, -0.05) is 12.1 Å². The number of amides is 1. The summed E-state index contributed by atoms with van der Waals surface area (Å²) >= 11 is 0. The number of rotatable bonds is 5. The third-order valence-corrected chi connectivity index (χ3v) is 3.45.